The van der Waals surface area contributed by atoms with Gasteiger partial charge in [-0.1, -0.05) is 142 Å². The van der Waals surface area contributed by atoms with Gasteiger partial charge in [0.1, 0.15) is 76.2 Å². The van der Waals surface area contributed by atoms with Crippen molar-refractivity contribution in [3.05, 3.63) is 275 Å². The number of carbonyl (C=O) groups is 4. The average Bonchev–Trinajstić information content (AvgIpc) is 1.61. The van der Waals surface area contributed by atoms with Crippen LogP contribution in [0.1, 0.15) is 51.8 Å². The van der Waals surface area contributed by atoms with Crippen molar-refractivity contribution in [2.75, 3.05) is 56.5 Å². The number of hydrogen-bond donors (Lipinski definition) is 7. The van der Waals surface area contributed by atoms with Crippen molar-refractivity contribution < 1.29 is 166 Å². The topological polar surface area (TPSA) is 386 Å². The molecule has 0 aliphatic carbocycles. The van der Waals surface area contributed by atoms with Crippen molar-refractivity contribution >= 4 is 109 Å². The molecule has 6 unspecified atom stereocenters. The molecule has 0 radical (unpaired) electrons. The fraction of sp³-hybridized carbons (Fsp3) is 0.200. The molecule has 2 amide bonds. The molecule has 3 aliphatic rings. The number of hydrogen-bond acceptors (Lipinski definition) is 20. The van der Waals surface area contributed by atoms with E-state index in [0.29, 0.717) is 81.1 Å². The molecule has 3 fully saturated rings. The van der Waals surface area contributed by atoms with Crippen LogP contribution in [-0.4, -0.2) is 136 Å². The van der Waals surface area contributed by atoms with Crippen molar-refractivity contribution in [1.82, 2.24) is 59.4 Å². The predicted molar refractivity (Wildman–Crippen MR) is 455 cm³/mol. The predicted octanol–water partition coefficient (Wildman–Crippen LogP) is 8.14. The van der Waals surface area contributed by atoms with E-state index in [-0.39, 0.29) is 222 Å². The zero-order chi connectivity index (χ0) is 81.9. The van der Waals surface area contributed by atoms with Crippen molar-refractivity contribution in [1.29, 1.82) is 0 Å². The Morgan fingerprint density at radius 2 is 0.825 bits per heavy atom. The largest absolute Gasteiger partial charge is 1.00 e. The van der Waals surface area contributed by atoms with Gasteiger partial charge in [-0.25, -0.2) is 33.3 Å². The molecule has 6 atom stereocenters. The van der Waals surface area contributed by atoms with Gasteiger partial charge < -0.3 is 76.5 Å². The average molecular weight is 1820 g/mol. The molecule has 16 rings (SSSR count). The second-order valence-electron chi connectivity index (χ2n) is 26.6. The van der Waals surface area contributed by atoms with Gasteiger partial charge in [0, 0.05) is 68.0 Å². The molecule has 10 N–H and O–H groups in total. The van der Waals surface area contributed by atoms with E-state index in [4.69, 9.17) is 57.8 Å². The summed E-state index contributed by atoms with van der Waals surface area (Å²) in [7, 11) is 0. The molecule has 3 saturated heterocycles. The first-order valence-corrected chi connectivity index (χ1v) is 36.8. The molecule has 13 aromatic rings. The molecule has 7 aromatic carbocycles. The number of alkyl halides is 3. The van der Waals surface area contributed by atoms with Gasteiger partial charge in [-0.3, -0.25) is 28.8 Å². The Hall–Kier alpha value is -10.0. The number of likely N-dealkylation sites (tertiary alicyclic amines) is 2. The maximum absolute atomic E-state index is 15.5. The van der Waals surface area contributed by atoms with Crippen LogP contribution in [0, 0.1) is 0 Å². The van der Waals surface area contributed by atoms with Gasteiger partial charge >= 0.3 is 109 Å². The minimum absolute atomic E-state index is 0. The zero-order valence-electron chi connectivity index (χ0n) is 65.4. The summed E-state index contributed by atoms with van der Waals surface area (Å²) in [5, 5.41) is 31.6. The zero-order valence-corrected chi connectivity index (χ0v) is 73.8. The summed E-state index contributed by atoms with van der Waals surface area (Å²) in [6.45, 7) is 8.23. The third-order valence-corrected chi connectivity index (χ3v) is 19.5. The summed E-state index contributed by atoms with van der Waals surface area (Å²) in [4.78, 5) is 87.3. The molecule has 28 nitrogen and oxygen atoms in total. The second-order valence-corrected chi connectivity index (χ2v) is 27.0. The van der Waals surface area contributed by atoms with Crippen LogP contribution in [0.25, 0.3) is 66.1 Å². The maximum Gasteiger partial charge on any atom is 1.00 e. The number of nitrogens with zero attached hydrogens (tertiary/aromatic N) is 8. The Balaban J connectivity index is 0.000000235. The molecule has 0 spiro atoms. The van der Waals surface area contributed by atoms with Crippen molar-refractivity contribution in [3.63, 3.8) is 0 Å². The molecule has 35 heteroatoms. The first-order valence-electron chi connectivity index (χ1n) is 36.4. The van der Waals surface area contributed by atoms with Crippen LogP contribution in [0.4, 0.5) is 35.4 Å². The number of fused-ring (bicyclic) bond motifs is 3. The molecule has 6 aromatic heterocycles. The van der Waals surface area contributed by atoms with Crippen LogP contribution in [0.3, 0.4) is 0 Å². The molecule has 3 aliphatic heterocycles. The first-order chi connectivity index (χ1) is 56.2. The molecular formula is C85H84ClF3IK2N15O13. The number of aromatic amines is 3. The van der Waals surface area contributed by atoms with Gasteiger partial charge in [-0.15, -0.1) is 24.0 Å². The number of anilines is 3. The summed E-state index contributed by atoms with van der Waals surface area (Å²) in [6, 6.07) is 57.7. The van der Waals surface area contributed by atoms with E-state index in [0.717, 1.165) is 39.6 Å². The van der Waals surface area contributed by atoms with Gasteiger partial charge in [-0.05, 0) is 145 Å². The van der Waals surface area contributed by atoms with Gasteiger partial charge in [0.15, 0.2) is 17.5 Å². The van der Waals surface area contributed by atoms with E-state index < -0.39 is 64.7 Å². The van der Waals surface area contributed by atoms with Crippen molar-refractivity contribution in [2.45, 2.75) is 69.9 Å². The van der Waals surface area contributed by atoms with E-state index >= 15 is 8.78 Å². The number of nitrogens with one attached hydrogen (secondary N) is 4. The Morgan fingerprint density at radius 1 is 0.508 bits per heavy atom. The Kier molecular flexibility index (Phi) is 36.2. The fourth-order valence-electron chi connectivity index (χ4n) is 13.8. The molecule has 120 heavy (non-hydrogen) atoms. The van der Waals surface area contributed by atoms with Gasteiger partial charge in [0.2, 0.25) is 11.1 Å². The standard InChI is InChI=1S/C31H28FN5O4.C26H24FN5O3.C23H22FN5O2.C3H3ClO.CH2O3.CH4.HI.2K.H/c32-25-15-16-36(31(39)40-19-20-7-3-1-4-8-20)18-26(25)37-17-24(27-28(37)30(38)35-34-29(27)33)21-11-13-23(14-12-21)41-22-9-5-2-6-10-22;1-2-22(33)31-13-12-20(27)21(15-31)32-14-19(23-24(32)26(34)30-29-25(23)28)16-8-10-18(11-9-16)35-17-6-4-3-5-7-17;24-18-10-11-26-12-19(18)29-13-17(20-21(29)23(30)28-27-22(20)25)14-6-8-16(9-7-14)31-15-4-2-1-3-5-15;1-2-3(4)5;2-1-4-3;;;;;/h1-14,17,25-26H,15-16,18-19H2,(H2,33,34)(H,35,38);2-11,14,20-21H,1,12-13,15H2,(H2,28,29)(H,30,34);1-9,13,18-19,26H,10-12H2,(H2,25,27)(H,28,30);2H,1H2;1,3H;1H4;1H;;;/q;;;;;;;2*+1;-1/p-1. The van der Waals surface area contributed by atoms with Crippen LogP contribution < -0.4 is 161 Å². The molecule has 9 heterocycles. The molecule has 0 bridgehead atoms. The number of para-hydroxylation sites is 3. The number of H-pyrrole nitrogens is 3. The summed E-state index contributed by atoms with van der Waals surface area (Å²) in [6.07, 6.45) is 3.99. The molecular weight excluding hydrogens is 1740 g/mol. The third kappa shape index (κ3) is 23.4. The van der Waals surface area contributed by atoms with Gasteiger partial charge in [0.05, 0.1) is 34.3 Å². The van der Waals surface area contributed by atoms with Crippen LogP contribution in [0.15, 0.2) is 252 Å². The SMILES string of the molecule is C.C=CC(=O)Cl.C=CC(=O)N1CCC(F)C(n2cc(-c3ccc(Oc4ccccc4)cc3)c3c(N)n[nH]c(=O)c32)C1.I.Nc1n[nH]c(=O)c2c1c(-c1ccc(Oc3ccccc3)cc1)cn2C1CN(C(=O)OCc2ccccc2)CCC1F.Nc1n[nH]c(=O)c2c1c(-c1ccc(Oc3ccccc3)cc1)cn2C1CNCCC1F.O=CO[O-].[H-].[K+].[K+]. The number of amides is 2. The number of halogens is 5. The summed E-state index contributed by atoms with van der Waals surface area (Å²) in [5.74, 6) is 4.28. The molecule has 0 saturated carbocycles. The monoisotopic (exact) mass is 1820 g/mol. The quantitative estimate of drug-likeness (QED) is 0.00859. The summed E-state index contributed by atoms with van der Waals surface area (Å²) < 4.78 is 73.3. The minimum atomic E-state index is -1.30. The fourth-order valence-corrected chi connectivity index (χ4v) is 13.8. The number of piperidine rings is 3. The third-order valence-electron chi connectivity index (χ3n) is 19.4. The summed E-state index contributed by atoms with van der Waals surface area (Å²) >= 11 is 4.71. The number of nitrogens with two attached hydrogens (primary N) is 3. The number of allylic oxidation sites excluding steroid dienone is 1. The summed E-state index contributed by atoms with van der Waals surface area (Å²) in [5.41, 5.74) is 23.1. The van der Waals surface area contributed by atoms with E-state index in [2.05, 4.69) is 54.0 Å². The van der Waals surface area contributed by atoms with E-state index in [1.807, 2.05) is 194 Å². The normalized spacial score (nSPS) is 16.3. The van der Waals surface area contributed by atoms with Crippen molar-refractivity contribution in [3.8, 4) is 67.9 Å². The Bertz CT molecular complexity index is 5820. The van der Waals surface area contributed by atoms with Crippen molar-refractivity contribution in [2.24, 2.45) is 0 Å². The number of carbonyl (C=O) groups excluding carboxylic acids is 4. The van der Waals surface area contributed by atoms with E-state index in [9.17, 15) is 33.2 Å². The Morgan fingerprint density at radius 3 is 1.16 bits per heavy atom. The maximum atomic E-state index is 15.5. The minimum Gasteiger partial charge on any atom is -1.00 e. The van der Waals surface area contributed by atoms with Crippen LogP contribution in [-0.2, 0) is 30.6 Å². The van der Waals surface area contributed by atoms with Gasteiger partial charge in [-0.2, -0.15) is 15.3 Å². The Labute approximate surface area is 794 Å². The van der Waals surface area contributed by atoms with Crippen LogP contribution in [0.5, 0.6) is 34.5 Å². The number of benzene rings is 7. The number of ether oxygens (including phenoxy) is 4. The molecule has 614 valence electrons. The van der Waals surface area contributed by atoms with E-state index in [1.54, 1.807) is 32.3 Å². The first kappa shape index (κ1) is 95.4. The number of nitrogen functional groups attached to an aromatic ring is 3. The number of rotatable bonds is 17. The van der Waals surface area contributed by atoms with Crippen LogP contribution in [0.2, 0.25) is 0 Å². The smallest absolute Gasteiger partial charge is 1.00 e. The van der Waals surface area contributed by atoms with Crippen LogP contribution >= 0.6 is 35.6 Å². The second kappa shape index (κ2) is 45.6. The van der Waals surface area contributed by atoms with E-state index in [1.165, 1.54) is 15.9 Å². The van der Waals surface area contributed by atoms with Gasteiger partial charge in [0.25, 0.3) is 23.2 Å². The number of aromatic nitrogens is 9.